The van der Waals surface area contributed by atoms with Gasteiger partial charge in [-0.2, -0.15) is 5.10 Å². The number of nitrogens with zero attached hydrogens (tertiary/aromatic N) is 4. The fourth-order valence-electron chi connectivity index (χ4n) is 3.66. The molecule has 0 saturated heterocycles. The number of benzene rings is 3. The topological polar surface area (TPSA) is 113 Å². The molecule has 0 fully saturated rings. The van der Waals surface area contributed by atoms with Gasteiger partial charge in [-0.25, -0.2) is 0 Å². The van der Waals surface area contributed by atoms with Crippen molar-refractivity contribution in [3.63, 3.8) is 0 Å². The Labute approximate surface area is 209 Å². The van der Waals surface area contributed by atoms with Crippen LogP contribution in [0.3, 0.4) is 0 Å². The van der Waals surface area contributed by atoms with Gasteiger partial charge < -0.3 is 19.4 Å². The van der Waals surface area contributed by atoms with Crippen molar-refractivity contribution in [2.75, 3.05) is 0 Å². The third-order valence-electron chi connectivity index (χ3n) is 5.62. The van der Waals surface area contributed by atoms with Crippen LogP contribution in [0.15, 0.2) is 75.3 Å². The largest absolute Gasteiger partial charge is 0.507 e. The van der Waals surface area contributed by atoms with E-state index >= 15 is 0 Å². The number of aryl methyl sites for hydroxylation is 1. The molecule has 0 saturated carbocycles. The van der Waals surface area contributed by atoms with Crippen LogP contribution in [0.25, 0.3) is 22.9 Å². The monoisotopic (exact) mass is 484 g/mol. The predicted octanol–water partition coefficient (Wildman–Crippen LogP) is 6.00. The van der Waals surface area contributed by atoms with E-state index in [4.69, 9.17) is 9.15 Å². The van der Waals surface area contributed by atoms with Crippen LogP contribution >= 0.6 is 0 Å². The third kappa shape index (κ3) is 5.43. The van der Waals surface area contributed by atoms with Crippen molar-refractivity contribution in [3.05, 3.63) is 82.9 Å². The minimum Gasteiger partial charge on any atom is -0.507 e. The first-order valence-electron chi connectivity index (χ1n) is 11.4. The Morgan fingerprint density at radius 3 is 2.36 bits per heavy atom. The van der Waals surface area contributed by atoms with Gasteiger partial charge in [-0.3, -0.25) is 0 Å². The Balaban J connectivity index is 1.59. The predicted molar refractivity (Wildman–Crippen MR) is 139 cm³/mol. The summed E-state index contributed by atoms with van der Waals surface area (Å²) in [5.74, 6) is -0.0324. The van der Waals surface area contributed by atoms with Crippen LogP contribution in [0.5, 0.6) is 11.5 Å². The fourth-order valence-corrected chi connectivity index (χ4v) is 3.66. The Bertz CT molecular complexity index is 1420. The molecule has 0 aliphatic heterocycles. The van der Waals surface area contributed by atoms with Gasteiger partial charge in [0.1, 0.15) is 18.1 Å². The van der Waals surface area contributed by atoms with Gasteiger partial charge in [0.25, 0.3) is 5.89 Å². The van der Waals surface area contributed by atoms with E-state index < -0.39 is 0 Å². The molecule has 0 aliphatic rings. The first-order valence-corrected chi connectivity index (χ1v) is 11.4. The van der Waals surface area contributed by atoms with E-state index in [1.807, 2.05) is 55.5 Å². The minimum atomic E-state index is -0.205. The van der Waals surface area contributed by atoms with Gasteiger partial charge >= 0.3 is 0 Å². The quantitative estimate of drug-likeness (QED) is 0.150. The molecule has 4 aromatic rings. The van der Waals surface area contributed by atoms with Crippen molar-refractivity contribution >= 4 is 12.6 Å². The SMILES string of the molecule is C=N/N=C(\OCc1cccc(C)c1)c1cc(O)c(-c2nnc(-c3ccc(C(C)(C)C)cc3)o2)cc1O. The highest BCUT2D eigenvalue weighted by Crippen LogP contribution is 2.36. The minimum absolute atomic E-state index is 0.0102. The molecule has 2 N–H and O–H groups in total. The molecule has 8 heteroatoms. The summed E-state index contributed by atoms with van der Waals surface area (Å²) in [5.41, 5.74) is 4.28. The Morgan fingerprint density at radius 1 is 0.972 bits per heavy atom. The summed E-state index contributed by atoms with van der Waals surface area (Å²) in [6.07, 6.45) is 0. The molecule has 4 rings (SSSR count). The van der Waals surface area contributed by atoms with E-state index in [9.17, 15) is 10.2 Å². The van der Waals surface area contributed by atoms with Gasteiger partial charge in [-0.1, -0.05) is 62.7 Å². The number of hydrogen-bond acceptors (Lipinski definition) is 8. The lowest BCUT2D eigenvalue weighted by molar-refractivity contribution is 0.291. The van der Waals surface area contributed by atoms with E-state index in [2.05, 4.69) is 47.9 Å². The van der Waals surface area contributed by atoms with Crippen LogP contribution in [-0.2, 0) is 16.8 Å². The fraction of sp³-hybridized carbons (Fsp3) is 0.214. The highest BCUT2D eigenvalue weighted by molar-refractivity contribution is 5.98. The van der Waals surface area contributed by atoms with Crippen molar-refractivity contribution in [2.24, 2.45) is 10.2 Å². The van der Waals surface area contributed by atoms with E-state index in [-0.39, 0.29) is 46.4 Å². The van der Waals surface area contributed by atoms with Gasteiger partial charge in [-0.05, 0) is 47.7 Å². The molecule has 184 valence electrons. The van der Waals surface area contributed by atoms with E-state index in [0.29, 0.717) is 5.89 Å². The Kier molecular flexibility index (Phi) is 6.87. The van der Waals surface area contributed by atoms with Crippen molar-refractivity contribution in [2.45, 2.75) is 39.7 Å². The van der Waals surface area contributed by atoms with Gasteiger partial charge in [-0.15, -0.1) is 15.3 Å². The van der Waals surface area contributed by atoms with Crippen molar-refractivity contribution < 1.29 is 19.4 Å². The molecular formula is C28H28N4O4. The molecule has 1 heterocycles. The summed E-state index contributed by atoms with van der Waals surface area (Å²) in [6, 6.07) is 18.3. The lowest BCUT2D eigenvalue weighted by atomic mass is 9.87. The smallest absolute Gasteiger partial charge is 0.252 e. The third-order valence-corrected chi connectivity index (χ3v) is 5.62. The standard InChI is InChI=1S/C28H28N4O4/c1-17-7-6-8-18(13-17)16-35-26(30-29-5)21-14-24(34)22(15-23(21)33)27-32-31-25(36-27)19-9-11-20(12-10-19)28(2,3)4/h6-15,33-34H,5,16H2,1-4H3/b30-26-. The number of phenolic OH excluding ortho intramolecular Hbond substituents is 2. The van der Waals surface area contributed by atoms with Gasteiger partial charge in [0.15, 0.2) is 0 Å². The second kappa shape index (κ2) is 10.0. The zero-order valence-corrected chi connectivity index (χ0v) is 20.7. The molecule has 0 unspecified atom stereocenters. The highest BCUT2D eigenvalue weighted by Gasteiger charge is 2.21. The number of hydrogen-bond donors (Lipinski definition) is 2. The van der Waals surface area contributed by atoms with Gasteiger partial charge in [0, 0.05) is 12.3 Å². The van der Waals surface area contributed by atoms with Crippen LogP contribution < -0.4 is 0 Å². The van der Waals surface area contributed by atoms with E-state index in [1.54, 1.807) is 0 Å². The molecular weight excluding hydrogens is 456 g/mol. The molecule has 0 atom stereocenters. The molecule has 1 aromatic heterocycles. The Hall–Kier alpha value is -4.46. The lowest BCUT2D eigenvalue weighted by Crippen LogP contribution is -2.10. The molecule has 0 bridgehead atoms. The summed E-state index contributed by atoms with van der Waals surface area (Å²) < 4.78 is 11.6. The number of rotatable bonds is 6. The average Bonchev–Trinajstić information content (AvgIpc) is 3.33. The summed E-state index contributed by atoms with van der Waals surface area (Å²) in [6.45, 7) is 12.0. The Morgan fingerprint density at radius 2 is 1.69 bits per heavy atom. The lowest BCUT2D eigenvalue weighted by Gasteiger charge is -2.18. The maximum absolute atomic E-state index is 10.7. The molecule has 36 heavy (non-hydrogen) atoms. The summed E-state index contributed by atoms with van der Waals surface area (Å²) in [7, 11) is 0. The van der Waals surface area contributed by atoms with Crippen molar-refractivity contribution in [1.29, 1.82) is 0 Å². The van der Waals surface area contributed by atoms with Gasteiger partial charge in [0.2, 0.25) is 11.8 Å². The molecule has 8 nitrogen and oxygen atoms in total. The van der Waals surface area contributed by atoms with Crippen LogP contribution in [0.1, 0.15) is 43.0 Å². The molecule has 0 spiro atoms. The van der Waals surface area contributed by atoms with Crippen LogP contribution in [0.2, 0.25) is 0 Å². The van der Waals surface area contributed by atoms with Gasteiger partial charge in [0.05, 0.1) is 11.1 Å². The maximum Gasteiger partial charge on any atom is 0.252 e. The summed E-state index contributed by atoms with van der Waals surface area (Å²) in [4.78, 5) is 0. The number of aromatic nitrogens is 2. The molecule has 0 amide bonds. The average molecular weight is 485 g/mol. The number of aromatic hydroxyl groups is 2. The normalized spacial score (nSPS) is 11.9. The second-order valence-corrected chi connectivity index (χ2v) is 9.45. The van der Waals surface area contributed by atoms with E-state index in [1.165, 1.54) is 17.7 Å². The number of ether oxygens (including phenoxy) is 1. The maximum atomic E-state index is 10.7. The first-order chi connectivity index (χ1) is 17.2. The van der Waals surface area contributed by atoms with Crippen molar-refractivity contribution in [3.8, 4) is 34.4 Å². The first kappa shape index (κ1) is 24.7. The summed E-state index contributed by atoms with van der Waals surface area (Å²) >= 11 is 0. The molecule has 0 radical (unpaired) electrons. The van der Waals surface area contributed by atoms with Crippen molar-refractivity contribution in [1.82, 2.24) is 10.2 Å². The van der Waals surface area contributed by atoms with Crippen LogP contribution in [0, 0.1) is 6.92 Å². The molecule has 3 aromatic carbocycles. The zero-order chi connectivity index (χ0) is 25.9. The zero-order valence-electron chi connectivity index (χ0n) is 20.7. The van der Waals surface area contributed by atoms with E-state index in [0.717, 1.165) is 16.7 Å². The highest BCUT2D eigenvalue weighted by atomic mass is 16.5. The van der Waals surface area contributed by atoms with Crippen LogP contribution in [-0.4, -0.2) is 33.0 Å². The van der Waals surface area contributed by atoms with Crippen LogP contribution in [0.4, 0.5) is 0 Å². The molecule has 0 aliphatic carbocycles. The second-order valence-electron chi connectivity index (χ2n) is 9.45. The summed E-state index contributed by atoms with van der Waals surface area (Å²) in [5, 5.41) is 37.0. The number of phenols is 2.